The molecule has 2 aromatic carbocycles. The van der Waals surface area contributed by atoms with E-state index in [2.05, 4.69) is 17.4 Å². The van der Waals surface area contributed by atoms with Crippen LogP contribution in [0.3, 0.4) is 0 Å². The zero-order valence-corrected chi connectivity index (χ0v) is 17.1. The fourth-order valence-corrected chi connectivity index (χ4v) is 5.07. The summed E-state index contributed by atoms with van der Waals surface area (Å²) in [5.74, 6) is -1.84. The fourth-order valence-electron chi connectivity index (χ4n) is 5.07. The number of carboxylic acids is 1. The molecule has 0 unspecified atom stereocenters. The standard InChI is InChI=1S/C24H25NO6/c26-21(27)23(9-11-24(12-10-23)30-13-14-31-24)25-22(28)29-15-20-18-7-3-1-5-16(18)17-6-2-4-8-19(17)20/h1-8,20H,9-15H2,(H,25,28)(H,26,27). The summed E-state index contributed by atoms with van der Waals surface area (Å²) >= 11 is 0. The second-order valence-electron chi connectivity index (χ2n) is 8.45. The molecule has 0 bridgehead atoms. The fraction of sp³-hybridized carbons (Fsp3) is 0.417. The maximum absolute atomic E-state index is 12.7. The smallest absolute Gasteiger partial charge is 0.408 e. The van der Waals surface area contributed by atoms with Gasteiger partial charge in [0.2, 0.25) is 0 Å². The van der Waals surface area contributed by atoms with Crippen LogP contribution in [0.5, 0.6) is 0 Å². The molecule has 1 spiro atoms. The first kappa shape index (κ1) is 20.0. The topological polar surface area (TPSA) is 94.1 Å². The van der Waals surface area contributed by atoms with Crippen LogP contribution >= 0.6 is 0 Å². The SMILES string of the molecule is O=C(NC1(C(=O)O)CCC2(CC1)OCCO2)OCC1c2ccccc2-c2ccccc21. The molecule has 7 heteroatoms. The number of nitrogens with one attached hydrogen (secondary N) is 1. The molecule has 2 aromatic rings. The number of rotatable bonds is 4. The first-order chi connectivity index (χ1) is 15.0. The number of carbonyl (C=O) groups is 2. The van der Waals surface area contributed by atoms with E-state index in [0.29, 0.717) is 26.1 Å². The van der Waals surface area contributed by atoms with Crippen LogP contribution in [0.2, 0.25) is 0 Å². The maximum Gasteiger partial charge on any atom is 0.408 e. The van der Waals surface area contributed by atoms with E-state index in [9.17, 15) is 14.7 Å². The molecule has 2 fully saturated rings. The van der Waals surface area contributed by atoms with Crippen LogP contribution in [0, 0.1) is 0 Å². The Morgan fingerprint density at radius 1 is 0.935 bits per heavy atom. The molecular weight excluding hydrogens is 398 g/mol. The van der Waals surface area contributed by atoms with Crippen LogP contribution < -0.4 is 5.32 Å². The Labute approximate surface area is 180 Å². The average molecular weight is 423 g/mol. The zero-order valence-electron chi connectivity index (χ0n) is 17.1. The minimum Gasteiger partial charge on any atom is -0.480 e. The number of amides is 1. The largest absolute Gasteiger partial charge is 0.480 e. The highest BCUT2D eigenvalue weighted by atomic mass is 16.7. The van der Waals surface area contributed by atoms with E-state index < -0.39 is 23.4 Å². The van der Waals surface area contributed by atoms with Gasteiger partial charge in [0.25, 0.3) is 0 Å². The van der Waals surface area contributed by atoms with Gasteiger partial charge in [-0.2, -0.15) is 0 Å². The molecule has 0 atom stereocenters. The number of ether oxygens (including phenoxy) is 3. The predicted molar refractivity (Wildman–Crippen MR) is 112 cm³/mol. The second kappa shape index (κ2) is 7.66. The molecule has 1 amide bonds. The molecule has 0 aromatic heterocycles. The monoisotopic (exact) mass is 423 g/mol. The predicted octanol–water partition coefficient (Wildman–Crippen LogP) is 3.67. The van der Waals surface area contributed by atoms with Crippen molar-refractivity contribution >= 4 is 12.1 Å². The van der Waals surface area contributed by atoms with Gasteiger partial charge in [-0.25, -0.2) is 9.59 Å². The van der Waals surface area contributed by atoms with E-state index in [-0.39, 0.29) is 25.4 Å². The van der Waals surface area contributed by atoms with Gasteiger partial charge in [-0.15, -0.1) is 0 Å². The molecule has 0 radical (unpaired) electrons. The summed E-state index contributed by atoms with van der Waals surface area (Å²) in [7, 11) is 0. The number of alkyl carbamates (subject to hydrolysis) is 1. The van der Waals surface area contributed by atoms with Gasteiger partial charge in [0.1, 0.15) is 12.1 Å². The number of carbonyl (C=O) groups excluding carboxylic acids is 1. The molecule has 7 nitrogen and oxygen atoms in total. The van der Waals surface area contributed by atoms with Gasteiger partial charge in [-0.3, -0.25) is 0 Å². The Balaban J connectivity index is 1.27. The van der Waals surface area contributed by atoms with Crippen molar-refractivity contribution in [3.63, 3.8) is 0 Å². The van der Waals surface area contributed by atoms with Crippen LogP contribution in [0.25, 0.3) is 11.1 Å². The summed E-state index contributed by atoms with van der Waals surface area (Å²) in [6.07, 6.45) is 0.582. The van der Waals surface area contributed by atoms with Crippen molar-refractivity contribution in [2.45, 2.75) is 42.9 Å². The number of benzene rings is 2. The van der Waals surface area contributed by atoms with Crippen molar-refractivity contribution in [2.24, 2.45) is 0 Å². The molecule has 162 valence electrons. The zero-order chi connectivity index (χ0) is 21.5. The van der Waals surface area contributed by atoms with E-state index >= 15 is 0 Å². The van der Waals surface area contributed by atoms with Gasteiger partial charge in [0.15, 0.2) is 5.79 Å². The normalized spacial score (nSPS) is 20.8. The van der Waals surface area contributed by atoms with Crippen molar-refractivity contribution in [3.05, 3.63) is 59.7 Å². The molecule has 2 aliphatic carbocycles. The van der Waals surface area contributed by atoms with Crippen LogP contribution in [0.15, 0.2) is 48.5 Å². The highest BCUT2D eigenvalue weighted by Crippen LogP contribution is 2.45. The van der Waals surface area contributed by atoms with E-state index in [4.69, 9.17) is 14.2 Å². The lowest BCUT2D eigenvalue weighted by Crippen LogP contribution is -2.59. The number of aliphatic carboxylic acids is 1. The van der Waals surface area contributed by atoms with Crippen molar-refractivity contribution < 1.29 is 28.9 Å². The summed E-state index contributed by atoms with van der Waals surface area (Å²) in [5.41, 5.74) is 3.13. The lowest BCUT2D eigenvalue weighted by Gasteiger charge is -2.41. The quantitative estimate of drug-likeness (QED) is 0.779. The van der Waals surface area contributed by atoms with Crippen LogP contribution in [0.1, 0.15) is 42.7 Å². The molecule has 5 rings (SSSR count). The average Bonchev–Trinajstić information content (AvgIpc) is 3.37. The summed E-state index contributed by atoms with van der Waals surface area (Å²) < 4.78 is 16.9. The van der Waals surface area contributed by atoms with Gasteiger partial charge in [-0.05, 0) is 35.1 Å². The molecule has 2 N–H and O–H groups in total. The Bertz CT molecular complexity index is 957. The molecule has 1 heterocycles. The molecule has 1 saturated heterocycles. The van der Waals surface area contributed by atoms with E-state index in [1.807, 2.05) is 36.4 Å². The number of hydrogen-bond acceptors (Lipinski definition) is 5. The first-order valence-electron chi connectivity index (χ1n) is 10.7. The summed E-state index contributed by atoms with van der Waals surface area (Å²) in [6, 6.07) is 16.2. The molecular formula is C24H25NO6. The van der Waals surface area contributed by atoms with Gasteiger partial charge in [0.05, 0.1) is 13.2 Å². The van der Waals surface area contributed by atoms with Crippen LogP contribution in [-0.4, -0.2) is 48.3 Å². The lowest BCUT2D eigenvalue weighted by atomic mass is 9.78. The molecule has 31 heavy (non-hydrogen) atoms. The van der Waals surface area contributed by atoms with Crippen LogP contribution in [0.4, 0.5) is 4.79 Å². The number of fused-ring (bicyclic) bond motifs is 3. The minimum absolute atomic E-state index is 0.0751. The summed E-state index contributed by atoms with van der Waals surface area (Å²) in [5, 5.41) is 12.5. The number of hydrogen-bond donors (Lipinski definition) is 2. The third-order valence-electron chi connectivity index (χ3n) is 6.77. The maximum atomic E-state index is 12.7. The van der Waals surface area contributed by atoms with Gasteiger partial charge in [-0.1, -0.05) is 48.5 Å². The first-order valence-corrected chi connectivity index (χ1v) is 10.7. The Hall–Kier alpha value is -2.90. The third kappa shape index (κ3) is 3.47. The Morgan fingerprint density at radius 2 is 1.48 bits per heavy atom. The molecule has 1 aliphatic heterocycles. The highest BCUT2D eigenvalue weighted by molar-refractivity contribution is 5.84. The number of carboxylic acid groups (broad SMARTS) is 1. The van der Waals surface area contributed by atoms with E-state index in [0.717, 1.165) is 22.3 Å². The summed E-state index contributed by atoms with van der Waals surface area (Å²) in [6.45, 7) is 1.17. The van der Waals surface area contributed by atoms with Gasteiger partial charge < -0.3 is 24.6 Å². The van der Waals surface area contributed by atoms with Crippen LogP contribution in [-0.2, 0) is 19.0 Å². The Kier molecular flexibility index (Phi) is 4.95. The van der Waals surface area contributed by atoms with Crippen molar-refractivity contribution in [2.75, 3.05) is 19.8 Å². The highest BCUT2D eigenvalue weighted by Gasteiger charge is 2.51. The van der Waals surface area contributed by atoms with Crippen molar-refractivity contribution in [3.8, 4) is 11.1 Å². The lowest BCUT2D eigenvalue weighted by molar-refractivity contribution is -0.190. The van der Waals surface area contributed by atoms with E-state index in [1.54, 1.807) is 0 Å². The molecule has 1 saturated carbocycles. The second-order valence-corrected chi connectivity index (χ2v) is 8.45. The van der Waals surface area contributed by atoms with Gasteiger partial charge in [0, 0.05) is 18.8 Å². The Morgan fingerprint density at radius 3 is 2.03 bits per heavy atom. The van der Waals surface area contributed by atoms with Gasteiger partial charge >= 0.3 is 12.1 Å². The van der Waals surface area contributed by atoms with Crippen molar-refractivity contribution in [1.82, 2.24) is 5.32 Å². The molecule has 3 aliphatic rings. The third-order valence-corrected chi connectivity index (χ3v) is 6.77. The van der Waals surface area contributed by atoms with E-state index in [1.165, 1.54) is 0 Å². The van der Waals surface area contributed by atoms with Crippen molar-refractivity contribution in [1.29, 1.82) is 0 Å². The summed E-state index contributed by atoms with van der Waals surface area (Å²) in [4.78, 5) is 24.7. The minimum atomic E-state index is -1.37.